The van der Waals surface area contributed by atoms with Crippen molar-refractivity contribution >= 4 is 17.5 Å². The number of anilines is 1. The molecule has 0 atom stereocenters. The molecule has 6 heteroatoms. The van der Waals surface area contributed by atoms with Crippen LogP contribution in [0.25, 0.3) is 0 Å². The Kier molecular flexibility index (Phi) is 6.16. The summed E-state index contributed by atoms with van der Waals surface area (Å²) in [6, 6.07) is 4.55. The van der Waals surface area contributed by atoms with Crippen molar-refractivity contribution in [2.75, 3.05) is 31.5 Å². The number of hydrogen-bond donors (Lipinski definition) is 1. The lowest BCUT2D eigenvalue weighted by Crippen LogP contribution is -2.60. The van der Waals surface area contributed by atoms with E-state index in [0.717, 1.165) is 18.7 Å². The molecule has 1 heterocycles. The van der Waals surface area contributed by atoms with Crippen LogP contribution in [0.5, 0.6) is 0 Å². The lowest BCUT2D eigenvalue weighted by Gasteiger charge is -2.46. The van der Waals surface area contributed by atoms with Gasteiger partial charge in [0.15, 0.2) is 0 Å². The first-order chi connectivity index (χ1) is 11.7. The molecule has 2 amide bonds. The molecular weight excluding hydrogens is 321 g/mol. The van der Waals surface area contributed by atoms with Gasteiger partial charge in [-0.2, -0.15) is 0 Å². The lowest BCUT2D eigenvalue weighted by molar-refractivity contribution is -0.137. The highest BCUT2D eigenvalue weighted by Crippen LogP contribution is 2.21. The number of aryl methyl sites for hydroxylation is 1. The fraction of sp³-hybridized carbons (Fsp3) is 0.579. The highest BCUT2D eigenvalue weighted by Gasteiger charge is 2.34. The zero-order chi connectivity index (χ0) is 18.6. The van der Waals surface area contributed by atoms with Gasteiger partial charge < -0.3 is 10.2 Å². The van der Waals surface area contributed by atoms with Crippen molar-refractivity contribution < 1.29 is 14.0 Å². The second-order valence-corrected chi connectivity index (χ2v) is 7.24. The van der Waals surface area contributed by atoms with Gasteiger partial charge in [-0.1, -0.05) is 13.0 Å². The molecule has 138 valence electrons. The van der Waals surface area contributed by atoms with E-state index in [9.17, 15) is 14.0 Å². The topological polar surface area (TPSA) is 52.7 Å². The first-order valence-corrected chi connectivity index (χ1v) is 8.82. The van der Waals surface area contributed by atoms with Crippen molar-refractivity contribution in [3.63, 3.8) is 0 Å². The predicted octanol–water partition coefficient (Wildman–Crippen LogP) is 2.80. The first-order valence-electron chi connectivity index (χ1n) is 8.82. The number of hydrogen-bond acceptors (Lipinski definition) is 3. The smallest absolute Gasteiger partial charge is 0.224 e. The minimum Gasteiger partial charge on any atom is -0.340 e. The molecule has 2 rings (SSSR count). The van der Waals surface area contributed by atoms with E-state index in [0.29, 0.717) is 13.1 Å². The molecule has 0 spiro atoms. The molecule has 0 aliphatic carbocycles. The van der Waals surface area contributed by atoms with Gasteiger partial charge in [0.1, 0.15) is 5.82 Å². The van der Waals surface area contributed by atoms with Gasteiger partial charge in [0.25, 0.3) is 0 Å². The third-order valence-corrected chi connectivity index (χ3v) is 4.77. The van der Waals surface area contributed by atoms with Gasteiger partial charge in [-0.3, -0.25) is 14.5 Å². The summed E-state index contributed by atoms with van der Waals surface area (Å²) in [5.74, 6) is -0.837. The monoisotopic (exact) mass is 349 g/mol. The first kappa shape index (κ1) is 19.4. The minimum absolute atomic E-state index is 0.0244. The van der Waals surface area contributed by atoms with Crippen LogP contribution in [0.1, 0.15) is 39.2 Å². The molecule has 0 bridgehead atoms. The zero-order valence-electron chi connectivity index (χ0n) is 15.6. The average molecular weight is 349 g/mol. The Morgan fingerprint density at radius 3 is 2.60 bits per heavy atom. The van der Waals surface area contributed by atoms with E-state index in [2.05, 4.69) is 31.0 Å². The number of nitrogens with zero attached hydrogens (tertiary/aromatic N) is 2. The molecule has 0 unspecified atom stereocenters. The van der Waals surface area contributed by atoms with E-state index in [-0.39, 0.29) is 35.9 Å². The lowest BCUT2D eigenvalue weighted by atomic mass is 9.98. The Morgan fingerprint density at radius 2 is 1.96 bits per heavy atom. The molecule has 0 aromatic heterocycles. The average Bonchev–Trinajstić information content (AvgIpc) is 2.55. The number of piperazine rings is 1. The SMILES string of the molecule is CCN1CCN(C(=O)CCC(=O)Nc2cc(C)ccc2F)CC1(C)C. The van der Waals surface area contributed by atoms with Crippen molar-refractivity contribution in [3.8, 4) is 0 Å². The molecule has 1 N–H and O–H groups in total. The Balaban J connectivity index is 1.85. The van der Waals surface area contributed by atoms with Gasteiger partial charge in [-0.05, 0) is 45.0 Å². The normalized spacial score (nSPS) is 17.4. The van der Waals surface area contributed by atoms with Crippen LogP contribution in [-0.4, -0.2) is 53.3 Å². The van der Waals surface area contributed by atoms with Gasteiger partial charge in [0.05, 0.1) is 5.69 Å². The van der Waals surface area contributed by atoms with E-state index in [1.165, 1.54) is 6.07 Å². The number of nitrogens with one attached hydrogen (secondary N) is 1. The van der Waals surface area contributed by atoms with Gasteiger partial charge in [-0.25, -0.2) is 4.39 Å². The summed E-state index contributed by atoms with van der Waals surface area (Å²) in [6.45, 7) is 11.4. The Labute approximate surface area is 149 Å². The fourth-order valence-corrected chi connectivity index (χ4v) is 3.32. The number of carbonyl (C=O) groups is 2. The van der Waals surface area contributed by atoms with E-state index >= 15 is 0 Å². The minimum atomic E-state index is -0.470. The summed E-state index contributed by atoms with van der Waals surface area (Å²) >= 11 is 0. The summed E-state index contributed by atoms with van der Waals surface area (Å²) in [5.41, 5.74) is 0.967. The third kappa shape index (κ3) is 5.01. The standard InChI is InChI=1S/C19H28FN3O2/c1-5-23-11-10-22(13-19(23,3)4)18(25)9-8-17(24)21-16-12-14(2)6-7-15(16)20/h6-7,12H,5,8-11,13H2,1-4H3,(H,21,24). The summed E-state index contributed by atoms with van der Waals surface area (Å²) in [4.78, 5) is 28.6. The molecule has 1 aliphatic heterocycles. The van der Waals surface area contributed by atoms with Crippen LogP contribution in [0, 0.1) is 12.7 Å². The number of rotatable bonds is 5. The summed E-state index contributed by atoms with van der Waals surface area (Å²) in [6.07, 6.45) is 0.197. The molecule has 0 saturated carbocycles. The van der Waals surface area contributed by atoms with Gasteiger partial charge >= 0.3 is 0 Å². The molecule has 1 aromatic carbocycles. The van der Waals surface area contributed by atoms with Crippen LogP contribution >= 0.6 is 0 Å². The Bertz CT molecular complexity index is 646. The van der Waals surface area contributed by atoms with Crippen molar-refractivity contribution in [3.05, 3.63) is 29.6 Å². The van der Waals surface area contributed by atoms with Crippen molar-refractivity contribution in [2.24, 2.45) is 0 Å². The van der Waals surface area contributed by atoms with Crippen LogP contribution in [0.3, 0.4) is 0 Å². The number of benzene rings is 1. The maximum Gasteiger partial charge on any atom is 0.224 e. The third-order valence-electron chi connectivity index (χ3n) is 4.77. The van der Waals surface area contributed by atoms with Crippen molar-refractivity contribution in [2.45, 2.75) is 46.1 Å². The predicted molar refractivity (Wildman–Crippen MR) is 96.9 cm³/mol. The van der Waals surface area contributed by atoms with Gasteiger partial charge in [0, 0.05) is 38.0 Å². The summed E-state index contributed by atoms with van der Waals surface area (Å²) in [7, 11) is 0. The molecule has 0 radical (unpaired) electrons. The summed E-state index contributed by atoms with van der Waals surface area (Å²) < 4.78 is 13.7. The Hall–Kier alpha value is -1.95. The van der Waals surface area contributed by atoms with Crippen molar-refractivity contribution in [1.29, 1.82) is 0 Å². The molecule has 1 aliphatic rings. The molecular formula is C19H28FN3O2. The largest absolute Gasteiger partial charge is 0.340 e. The number of likely N-dealkylation sites (N-methyl/N-ethyl adjacent to an activating group) is 1. The number of amides is 2. The van der Waals surface area contributed by atoms with Gasteiger partial charge in [0.2, 0.25) is 11.8 Å². The maximum absolute atomic E-state index is 13.7. The molecule has 1 saturated heterocycles. The van der Waals surface area contributed by atoms with Crippen LogP contribution in [0.2, 0.25) is 0 Å². The zero-order valence-corrected chi connectivity index (χ0v) is 15.6. The van der Waals surface area contributed by atoms with E-state index in [4.69, 9.17) is 0 Å². The molecule has 1 aromatic rings. The highest BCUT2D eigenvalue weighted by atomic mass is 19.1. The summed E-state index contributed by atoms with van der Waals surface area (Å²) in [5, 5.41) is 2.55. The highest BCUT2D eigenvalue weighted by molar-refractivity contribution is 5.93. The molecule has 25 heavy (non-hydrogen) atoms. The van der Waals surface area contributed by atoms with Crippen LogP contribution in [-0.2, 0) is 9.59 Å². The van der Waals surface area contributed by atoms with E-state index in [1.54, 1.807) is 12.1 Å². The quantitative estimate of drug-likeness (QED) is 0.889. The number of halogens is 1. The van der Waals surface area contributed by atoms with E-state index < -0.39 is 5.82 Å². The van der Waals surface area contributed by atoms with E-state index in [1.807, 2.05) is 11.8 Å². The second kappa shape index (κ2) is 7.95. The Morgan fingerprint density at radius 1 is 1.24 bits per heavy atom. The number of carbonyl (C=O) groups excluding carboxylic acids is 2. The van der Waals surface area contributed by atoms with Crippen LogP contribution in [0.15, 0.2) is 18.2 Å². The van der Waals surface area contributed by atoms with Crippen molar-refractivity contribution in [1.82, 2.24) is 9.80 Å². The second-order valence-electron chi connectivity index (χ2n) is 7.24. The maximum atomic E-state index is 13.7. The van der Waals surface area contributed by atoms with Gasteiger partial charge in [-0.15, -0.1) is 0 Å². The molecule has 5 nitrogen and oxygen atoms in total. The van der Waals surface area contributed by atoms with Crippen LogP contribution in [0.4, 0.5) is 10.1 Å². The fourth-order valence-electron chi connectivity index (χ4n) is 3.32. The molecule has 1 fully saturated rings. The van der Waals surface area contributed by atoms with Crippen LogP contribution < -0.4 is 5.32 Å².